The van der Waals surface area contributed by atoms with Crippen LogP contribution in [0.1, 0.15) is 31.2 Å². The molecule has 8 nitrogen and oxygen atoms in total. The monoisotopic (exact) mass is 335 g/mol. The summed E-state index contributed by atoms with van der Waals surface area (Å²) in [7, 11) is 0. The Labute approximate surface area is 139 Å². The molecule has 0 aromatic heterocycles. The molecule has 1 heterocycles. The van der Waals surface area contributed by atoms with E-state index >= 15 is 0 Å². The number of aryl methyl sites for hydroxylation is 1. The lowest BCUT2D eigenvalue weighted by molar-refractivity contribution is -0.384. The minimum Gasteiger partial charge on any atom is -0.480 e. The van der Waals surface area contributed by atoms with Gasteiger partial charge in [0, 0.05) is 30.8 Å². The lowest BCUT2D eigenvalue weighted by atomic mass is 10.0. The Hall–Kier alpha value is -2.48. The quantitative estimate of drug-likeness (QED) is 0.608. The summed E-state index contributed by atoms with van der Waals surface area (Å²) in [5.74, 6) is -1.08. The van der Waals surface area contributed by atoms with Gasteiger partial charge in [-0.25, -0.2) is 0 Å². The number of likely N-dealkylation sites (tertiary alicyclic amines) is 1. The predicted molar refractivity (Wildman–Crippen MR) is 87.9 cm³/mol. The zero-order valence-corrected chi connectivity index (χ0v) is 13.5. The standard InChI is InChI=1S/C16H21N3O5/c1-11-10-12(19(23)24)5-6-13(11)17-15(20)7-9-18-8-3-2-4-14(18)16(21)22/h5-6,10,14H,2-4,7-9H2,1H3,(H,17,20)(H,21,22). The smallest absolute Gasteiger partial charge is 0.320 e. The number of carbonyl (C=O) groups is 2. The van der Waals surface area contributed by atoms with Crippen molar-refractivity contribution >= 4 is 23.3 Å². The highest BCUT2D eigenvalue weighted by Gasteiger charge is 2.28. The SMILES string of the molecule is Cc1cc([N+](=O)[O-])ccc1NC(=O)CCN1CCCCC1C(=O)O. The van der Waals surface area contributed by atoms with Gasteiger partial charge in [-0.15, -0.1) is 0 Å². The summed E-state index contributed by atoms with van der Waals surface area (Å²) in [5, 5.41) is 22.7. The van der Waals surface area contributed by atoms with Gasteiger partial charge in [-0.1, -0.05) is 6.42 Å². The molecule has 2 rings (SSSR count). The molecular weight excluding hydrogens is 314 g/mol. The van der Waals surface area contributed by atoms with Crippen molar-refractivity contribution in [1.29, 1.82) is 0 Å². The van der Waals surface area contributed by atoms with Crippen LogP contribution >= 0.6 is 0 Å². The summed E-state index contributed by atoms with van der Waals surface area (Å²) < 4.78 is 0. The largest absolute Gasteiger partial charge is 0.480 e. The van der Waals surface area contributed by atoms with Crippen molar-refractivity contribution in [3.8, 4) is 0 Å². The predicted octanol–water partition coefficient (Wildman–Crippen LogP) is 2.17. The van der Waals surface area contributed by atoms with Crippen LogP contribution in [-0.4, -0.2) is 45.9 Å². The first-order valence-electron chi connectivity index (χ1n) is 7.90. The maximum absolute atomic E-state index is 12.1. The van der Waals surface area contributed by atoms with Gasteiger partial charge >= 0.3 is 5.97 Å². The zero-order valence-electron chi connectivity index (χ0n) is 13.5. The van der Waals surface area contributed by atoms with Gasteiger partial charge in [0.1, 0.15) is 6.04 Å². The number of aliphatic carboxylic acids is 1. The van der Waals surface area contributed by atoms with Gasteiger partial charge in [0.05, 0.1) is 4.92 Å². The number of anilines is 1. The van der Waals surface area contributed by atoms with Gasteiger partial charge in [-0.05, 0) is 37.9 Å². The van der Waals surface area contributed by atoms with Crippen LogP contribution in [0.2, 0.25) is 0 Å². The van der Waals surface area contributed by atoms with E-state index in [2.05, 4.69) is 5.32 Å². The summed E-state index contributed by atoms with van der Waals surface area (Å²) >= 11 is 0. The maximum Gasteiger partial charge on any atom is 0.320 e. The van der Waals surface area contributed by atoms with Crippen molar-refractivity contribution < 1.29 is 19.6 Å². The molecule has 2 N–H and O–H groups in total. The van der Waals surface area contributed by atoms with Crippen LogP contribution < -0.4 is 5.32 Å². The molecule has 1 unspecified atom stereocenters. The third-order valence-corrected chi connectivity index (χ3v) is 4.22. The van der Waals surface area contributed by atoms with E-state index < -0.39 is 16.9 Å². The second-order valence-corrected chi connectivity index (χ2v) is 5.94. The number of nitrogens with zero attached hydrogens (tertiary/aromatic N) is 2. The van der Waals surface area contributed by atoms with E-state index in [9.17, 15) is 24.8 Å². The number of benzene rings is 1. The first kappa shape index (κ1) is 17.9. The Morgan fingerprint density at radius 1 is 1.42 bits per heavy atom. The van der Waals surface area contributed by atoms with Gasteiger partial charge < -0.3 is 10.4 Å². The van der Waals surface area contributed by atoms with E-state index in [1.54, 1.807) is 6.92 Å². The highest BCUT2D eigenvalue weighted by atomic mass is 16.6. The van der Waals surface area contributed by atoms with Crippen LogP contribution in [0.4, 0.5) is 11.4 Å². The number of piperidine rings is 1. The second kappa shape index (κ2) is 7.87. The molecule has 0 radical (unpaired) electrons. The highest BCUT2D eigenvalue weighted by Crippen LogP contribution is 2.22. The second-order valence-electron chi connectivity index (χ2n) is 5.94. The summed E-state index contributed by atoms with van der Waals surface area (Å²) in [6.07, 6.45) is 2.62. The molecule has 1 atom stereocenters. The molecule has 1 aliphatic rings. The van der Waals surface area contributed by atoms with Crippen LogP contribution in [0.3, 0.4) is 0 Å². The van der Waals surface area contributed by atoms with Gasteiger partial charge in [0.2, 0.25) is 5.91 Å². The number of carboxylic acid groups (broad SMARTS) is 1. The number of non-ortho nitro benzene ring substituents is 1. The normalized spacial score (nSPS) is 18.1. The molecule has 1 aliphatic heterocycles. The number of rotatable bonds is 6. The lowest BCUT2D eigenvalue weighted by Crippen LogP contribution is -2.45. The van der Waals surface area contributed by atoms with Crippen LogP contribution in [0.15, 0.2) is 18.2 Å². The molecule has 130 valence electrons. The van der Waals surface area contributed by atoms with Crippen molar-refractivity contribution in [3.63, 3.8) is 0 Å². The number of nitro benzene ring substituents is 1. The van der Waals surface area contributed by atoms with Crippen molar-refractivity contribution in [2.75, 3.05) is 18.4 Å². The fourth-order valence-electron chi connectivity index (χ4n) is 2.90. The average molecular weight is 335 g/mol. The van der Waals surface area contributed by atoms with Gasteiger partial charge in [-0.2, -0.15) is 0 Å². The number of hydrogen-bond acceptors (Lipinski definition) is 5. The van der Waals surface area contributed by atoms with Crippen molar-refractivity contribution in [2.45, 2.75) is 38.6 Å². The molecular formula is C16H21N3O5. The molecule has 8 heteroatoms. The van der Waals surface area contributed by atoms with E-state index in [1.807, 2.05) is 4.90 Å². The van der Waals surface area contributed by atoms with Crippen LogP contribution in [-0.2, 0) is 9.59 Å². The van der Waals surface area contributed by atoms with Crippen LogP contribution in [0.25, 0.3) is 0 Å². The van der Waals surface area contributed by atoms with Crippen LogP contribution in [0, 0.1) is 17.0 Å². The van der Waals surface area contributed by atoms with Gasteiger partial charge in [0.25, 0.3) is 5.69 Å². The van der Waals surface area contributed by atoms with Crippen LogP contribution in [0.5, 0.6) is 0 Å². The summed E-state index contributed by atoms with van der Waals surface area (Å²) in [6, 6.07) is 3.73. The molecule has 0 saturated carbocycles. The van der Waals surface area contributed by atoms with E-state index in [0.29, 0.717) is 30.8 Å². The Kier molecular flexibility index (Phi) is 5.86. The summed E-state index contributed by atoms with van der Waals surface area (Å²) in [4.78, 5) is 35.4. The Balaban J connectivity index is 1.91. The number of nitrogens with one attached hydrogen (secondary N) is 1. The first-order valence-corrected chi connectivity index (χ1v) is 7.90. The fraction of sp³-hybridized carbons (Fsp3) is 0.500. The minimum atomic E-state index is -0.846. The molecule has 0 aliphatic carbocycles. The van der Waals surface area contributed by atoms with E-state index in [0.717, 1.165) is 12.8 Å². The van der Waals surface area contributed by atoms with E-state index in [4.69, 9.17) is 0 Å². The third kappa shape index (κ3) is 4.51. The lowest BCUT2D eigenvalue weighted by Gasteiger charge is -2.32. The molecule has 1 fully saturated rings. The molecule has 0 bridgehead atoms. The number of carbonyl (C=O) groups excluding carboxylic acids is 1. The van der Waals surface area contributed by atoms with Crippen molar-refractivity contribution in [2.24, 2.45) is 0 Å². The molecule has 0 spiro atoms. The van der Waals surface area contributed by atoms with Crippen molar-refractivity contribution in [1.82, 2.24) is 4.90 Å². The molecule has 1 saturated heterocycles. The Morgan fingerprint density at radius 2 is 2.17 bits per heavy atom. The molecule has 24 heavy (non-hydrogen) atoms. The molecule has 1 aromatic carbocycles. The number of amides is 1. The van der Waals surface area contributed by atoms with Crippen molar-refractivity contribution in [3.05, 3.63) is 33.9 Å². The molecule has 1 aromatic rings. The average Bonchev–Trinajstić information content (AvgIpc) is 2.54. The number of carboxylic acids is 1. The Bertz CT molecular complexity index is 647. The zero-order chi connectivity index (χ0) is 17.7. The van der Waals surface area contributed by atoms with E-state index in [-0.39, 0.29) is 18.0 Å². The minimum absolute atomic E-state index is 0.0249. The fourth-order valence-corrected chi connectivity index (χ4v) is 2.90. The van der Waals surface area contributed by atoms with E-state index in [1.165, 1.54) is 18.2 Å². The Morgan fingerprint density at radius 3 is 2.79 bits per heavy atom. The first-order chi connectivity index (χ1) is 11.4. The van der Waals surface area contributed by atoms with Gasteiger partial charge in [0.15, 0.2) is 0 Å². The maximum atomic E-state index is 12.1. The summed E-state index contributed by atoms with van der Waals surface area (Å²) in [6.45, 7) is 2.75. The number of hydrogen-bond donors (Lipinski definition) is 2. The third-order valence-electron chi connectivity index (χ3n) is 4.22. The van der Waals surface area contributed by atoms with Gasteiger partial charge in [-0.3, -0.25) is 24.6 Å². The highest BCUT2D eigenvalue weighted by molar-refractivity contribution is 5.91. The summed E-state index contributed by atoms with van der Waals surface area (Å²) in [5.41, 5.74) is 1.11. The molecule has 1 amide bonds. The topological polar surface area (TPSA) is 113 Å². The number of nitro groups is 1.